The zero-order valence-electron chi connectivity index (χ0n) is 13.5. The SMILES string of the molecule is NC(CC(=O)NC1CCN(c2cccc(Cl)c2)C1)c1ccccc1. The fraction of sp³-hybridized carbons (Fsp3) is 0.316. The van der Waals surface area contributed by atoms with E-state index >= 15 is 0 Å². The average Bonchev–Trinajstić information content (AvgIpc) is 3.04. The third kappa shape index (κ3) is 4.28. The Balaban J connectivity index is 1.51. The van der Waals surface area contributed by atoms with Gasteiger partial charge in [0.1, 0.15) is 0 Å². The second-order valence-corrected chi connectivity index (χ2v) is 6.64. The van der Waals surface area contributed by atoms with Crippen molar-refractivity contribution in [2.45, 2.75) is 24.9 Å². The summed E-state index contributed by atoms with van der Waals surface area (Å²) in [6.07, 6.45) is 1.23. The van der Waals surface area contributed by atoms with Gasteiger partial charge in [0.2, 0.25) is 5.91 Å². The van der Waals surface area contributed by atoms with Crippen LogP contribution in [0, 0.1) is 0 Å². The molecule has 1 heterocycles. The van der Waals surface area contributed by atoms with Crippen molar-refractivity contribution in [3.8, 4) is 0 Å². The van der Waals surface area contributed by atoms with Gasteiger partial charge in [0, 0.05) is 42.3 Å². The molecule has 2 aromatic carbocycles. The van der Waals surface area contributed by atoms with Gasteiger partial charge in [0.05, 0.1) is 0 Å². The van der Waals surface area contributed by atoms with E-state index in [0.717, 1.165) is 35.8 Å². The molecule has 2 atom stereocenters. The molecule has 5 heteroatoms. The van der Waals surface area contributed by atoms with Crippen molar-refractivity contribution in [2.75, 3.05) is 18.0 Å². The number of hydrogen-bond donors (Lipinski definition) is 2. The van der Waals surface area contributed by atoms with Crippen molar-refractivity contribution in [3.63, 3.8) is 0 Å². The Morgan fingerprint density at radius 3 is 2.79 bits per heavy atom. The number of anilines is 1. The summed E-state index contributed by atoms with van der Waals surface area (Å²) in [7, 11) is 0. The van der Waals surface area contributed by atoms with Crippen molar-refractivity contribution in [3.05, 3.63) is 65.2 Å². The highest BCUT2D eigenvalue weighted by Crippen LogP contribution is 2.23. The molecule has 3 N–H and O–H groups in total. The van der Waals surface area contributed by atoms with E-state index in [1.807, 2.05) is 54.6 Å². The monoisotopic (exact) mass is 343 g/mol. The molecule has 0 bridgehead atoms. The normalized spacial score (nSPS) is 18.4. The first-order valence-electron chi connectivity index (χ1n) is 8.22. The average molecular weight is 344 g/mol. The molecule has 0 aliphatic carbocycles. The van der Waals surface area contributed by atoms with Crippen molar-refractivity contribution in [2.24, 2.45) is 5.73 Å². The fourth-order valence-electron chi connectivity index (χ4n) is 3.09. The van der Waals surface area contributed by atoms with Crippen LogP contribution >= 0.6 is 11.6 Å². The van der Waals surface area contributed by atoms with Gasteiger partial charge in [-0.3, -0.25) is 4.79 Å². The van der Waals surface area contributed by atoms with Gasteiger partial charge in [0.15, 0.2) is 0 Å². The Hall–Kier alpha value is -2.04. The van der Waals surface area contributed by atoms with Crippen LogP contribution in [0.3, 0.4) is 0 Å². The minimum Gasteiger partial charge on any atom is -0.369 e. The molecule has 0 spiro atoms. The molecule has 24 heavy (non-hydrogen) atoms. The van der Waals surface area contributed by atoms with Crippen LogP contribution < -0.4 is 16.0 Å². The van der Waals surface area contributed by atoms with Gasteiger partial charge in [-0.15, -0.1) is 0 Å². The summed E-state index contributed by atoms with van der Waals surface area (Å²) in [6, 6.07) is 17.4. The highest BCUT2D eigenvalue weighted by molar-refractivity contribution is 6.30. The summed E-state index contributed by atoms with van der Waals surface area (Å²) < 4.78 is 0. The summed E-state index contributed by atoms with van der Waals surface area (Å²) >= 11 is 6.05. The fourth-order valence-corrected chi connectivity index (χ4v) is 3.27. The molecule has 2 aromatic rings. The maximum atomic E-state index is 12.2. The van der Waals surface area contributed by atoms with Crippen LogP contribution in [0.25, 0.3) is 0 Å². The summed E-state index contributed by atoms with van der Waals surface area (Å²) in [5.74, 6) is 0.00398. The summed E-state index contributed by atoms with van der Waals surface area (Å²) in [4.78, 5) is 14.5. The predicted octanol–water partition coefficient (Wildman–Crippen LogP) is 3.13. The number of carbonyl (C=O) groups excluding carboxylic acids is 1. The maximum Gasteiger partial charge on any atom is 0.222 e. The number of rotatable bonds is 5. The zero-order chi connectivity index (χ0) is 16.9. The van der Waals surface area contributed by atoms with Gasteiger partial charge in [-0.1, -0.05) is 48.0 Å². The molecule has 1 aliphatic heterocycles. The molecule has 1 amide bonds. The van der Waals surface area contributed by atoms with Gasteiger partial charge in [0.25, 0.3) is 0 Å². The van der Waals surface area contributed by atoms with E-state index in [1.165, 1.54) is 0 Å². The molecule has 0 aromatic heterocycles. The van der Waals surface area contributed by atoms with E-state index in [1.54, 1.807) is 0 Å². The molecule has 3 rings (SSSR count). The Labute approximate surface area is 147 Å². The van der Waals surface area contributed by atoms with E-state index in [9.17, 15) is 4.79 Å². The summed E-state index contributed by atoms with van der Waals surface area (Å²) in [5, 5.41) is 3.83. The first-order valence-corrected chi connectivity index (χ1v) is 8.60. The van der Waals surface area contributed by atoms with Crippen LogP contribution in [0.5, 0.6) is 0 Å². The number of hydrogen-bond acceptors (Lipinski definition) is 3. The van der Waals surface area contributed by atoms with Crippen LogP contribution in [-0.2, 0) is 4.79 Å². The molecular formula is C19H22ClN3O. The van der Waals surface area contributed by atoms with E-state index in [2.05, 4.69) is 10.2 Å². The molecule has 2 unspecified atom stereocenters. The molecule has 126 valence electrons. The summed E-state index contributed by atoms with van der Waals surface area (Å²) in [6.45, 7) is 1.71. The van der Waals surface area contributed by atoms with Gasteiger partial charge in [-0.25, -0.2) is 0 Å². The zero-order valence-corrected chi connectivity index (χ0v) is 14.2. The number of halogens is 1. The molecule has 0 saturated carbocycles. The third-order valence-electron chi connectivity index (χ3n) is 4.36. The number of carbonyl (C=O) groups is 1. The summed E-state index contributed by atoms with van der Waals surface area (Å²) in [5.41, 5.74) is 8.20. The lowest BCUT2D eigenvalue weighted by molar-refractivity contribution is -0.122. The minimum absolute atomic E-state index is 0.00398. The quantitative estimate of drug-likeness (QED) is 0.877. The van der Waals surface area contributed by atoms with Crippen molar-refractivity contribution >= 4 is 23.2 Å². The molecular weight excluding hydrogens is 322 g/mol. The lowest BCUT2D eigenvalue weighted by atomic mass is 10.0. The highest BCUT2D eigenvalue weighted by atomic mass is 35.5. The van der Waals surface area contributed by atoms with E-state index in [0.29, 0.717) is 6.42 Å². The Morgan fingerprint density at radius 2 is 2.04 bits per heavy atom. The van der Waals surface area contributed by atoms with E-state index in [4.69, 9.17) is 17.3 Å². The molecule has 1 saturated heterocycles. The Kier molecular flexibility index (Phi) is 5.38. The number of benzene rings is 2. The largest absolute Gasteiger partial charge is 0.369 e. The van der Waals surface area contributed by atoms with Gasteiger partial charge < -0.3 is 16.0 Å². The van der Waals surface area contributed by atoms with Crippen molar-refractivity contribution in [1.29, 1.82) is 0 Å². The van der Waals surface area contributed by atoms with Crippen LogP contribution in [0.4, 0.5) is 5.69 Å². The predicted molar refractivity (Wildman–Crippen MR) is 98.2 cm³/mol. The topological polar surface area (TPSA) is 58.4 Å². The minimum atomic E-state index is -0.267. The van der Waals surface area contributed by atoms with Crippen LogP contribution in [0.2, 0.25) is 5.02 Å². The van der Waals surface area contributed by atoms with E-state index < -0.39 is 0 Å². The molecule has 1 aliphatic rings. The lowest BCUT2D eigenvalue weighted by Crippen LogP contribution is -2.38. The second kappa shape index (κ2) is 7.69. The van der Waals surface area contributed by atoms with Crippen LogP contribution in [0.15, 0.2) is 54.6 Å². The Morgan fingerprint density at radius 1 is 1.25 bits per heavy atom. The standard InChI is InChI=1S/C19H22ClN3O/c20-15-7-4-8-17(11-15)23-10-9-16(13-23)22-19(24)12-18(21)14-5-2-1-3-6-14/h1-8,11,16,18H,9-10,12-13,21H2,(H,22,24). The van der Waals surface area contributed by atoms with Crippen LogP contribution in [-0.4, -0.2) is 25.0 Å². The number of nitrogens with zero attached hydrogens (tertiary/aromatic N) is 1. The third-order valence-corrected chi connectivity index (χ3v) is 4.59. The van der Waals surface area contributed by atoms with Gasteiger partial charge >= 0.3 is 0 Å². The highest BCUT2D eigenvalue weighted by Gasteiger charge is 2.24. The van der Waals surface area contributed by atoms with Gasteiger partial charge in [-0.2, -0.15) is 0 Å². The van der Waals surface area contributed by atoms with Crippen LogP contribution in [0.1, 0.15) is 24.4 Å². The van der Waals surface area contributed by atoms with Crippen molar-refractivity contribution in [1.82, 2.24) is 5.32 Å². The Bertz CT molecular complexity index is 692. The molecule has 0 radical (unpaired) electrons. The van der Waals surface area contributed by atoms with Crippen molar-refractivity contribution < 1.29 is 4.79 Å². The first-order chi connectivity index (χ1) is 11.6. The first kappa shape index (κ1) is 16.8. The number of amides is 1. The van der Waals surface area contributed by atoms with Gasteiger partial charge in [-0.05, 0) is 30.2 Å². The van der Waals surface area contributed by atoms with E-state index in [-0.39, 0.29) is 18.0 Å². The molecule has 1 fully saturated rings. The smallest absolute Gasteiger partial charge is 0.222 e. The maximum absolute atomic E-state index is 12.2. The number of nitrogens with one attached hydrogen (secondary N) is 1. The number of nitrogens with two attached hydrogens (primary N) is 1. The lowest BCUT2D eigenvalue weighted by Gasteiger charge is -2.20. The second-order valence-electron chi connectivity index (χ2n) is 6.20. The molecule has 4 nitrogen and oxygen atoms in total.